The topological polar surface area (TPSA) is 138 Å². The van der Waals surface area contributed by atoms with Crippen LogP contribution in [-0.2, 0) is 0 Å². The molecule has 0 spiro atoms. The van der Waals surface area contributed by atoms with Gasteiger partial charge in [-0.1, -0.05) is 0 Å². The summed E-state index contributed by atoms with van der Waals surface area (Å²) in [4.78, 5) is 32.3. The van der Waals surface area contributed by atoms with E-state index in [0.717, 1.165) is 12.1 Å². The van der Waals surface area contributed by atoms with Gasteiger partial charge in [0.05, 0.1) is 16.7 Å². The van der Waals surface area contributed by atoms with Gasteiger partial charge in [-0.05, 0) is 12.1 Å². The molecule has 0 saturated heterocycles. The third kappa shape index (κ3) is 1.78. The summed E-state index contributed by atoms with van der Waals surface area (Å²) in [6.45, 7) is 0. The molecule has 0 bridgehead atoms. The third-order valence-electron chi connectivity index (χ3n) is 1.90. The van der Waals surface area contributed by atoms with Crippen molar-refractivity contribution in [2.45, 2.75) is 0 Å². The molecule has 7 nitrogen and oxygen atoms in total. The predicted octanol–water partition coefficient (Wildman–Crippen LogP) is 0.363. The van der Waals surface area contributed by atoms with Crippen LogP contribution >= 0.6 is 0 Å². The van der Waals surface area contributed by atoms with Crippen LogP contribution in [0.5, 0.6) is 0 Å². The molecule has 0 aromatic heterocycles. The van der Waals surface area contributed by atoms with Crippen molar-refractivity contribution in [1.82, 2.24) is 0 Å². The molecule has 84 valence electrons. The van der Waals surface area contributed by atoms with Crippen LogP contribution in [0.3, 0.4) is 0 Å². The Kier molecular flexibility index (Phi) is 2.80. The van der Waals surface area contributed by atoms with Crippen LogP contribution in [0.25, 0.3) is 0 Å². The van der Waals surface area contributed by atoms with E-state index in [4.69, 9.17) is 21.1 Å². The van der Waals surface area contributed by atoms with Gasteiger partial charge in [-0.3, -0.25) is 0 Å². The van der Waals surface area contributed by atoms with E-state index in [0.29, 0.717) is 0 Å². The summed E-state index contributed by atoms with van der Waals surface area (Å²) in [5.41, 5.74) is 2.85. The lowest BCUT2D eigenvalue weighted by atomic mass is 9.99. The van der Waals surface area contributed by atoms with Gasteiger partial charge in [0.25, 0.3) is 0 Å². The number of hydrogen-bond acceptors (Lipinski definition) is 4. The molecule has 0 saturated carbocycles. The number of nitrogen functional groups attached to an aromatic ring is 1. The summed E-state index contributed by atoms with van der Waals surface area (Å²) in [6.07, 6.45) is 0. The third-order valence-corrected chi connectivity index (χ3v) is 1.90. The minimum atomic E-state index is -1.65. The fourth-order valence-corrected chi connectivity index (χ4v) is 1.25. The highest BCUT2D eigenvalue weighted by atomic mass is 16.4. The first-order valence-corrected chi connectivity index (χ1v) is 3.98. The highest BCUT2D eigenvalue weighted by molar-refractivity contribution is 6.11. The van der Waals surface area contributed by atoms with Gasteiger partial charge in [0.15, 0.2) is 0 Å². The first kappa shape index (κ1) is 11.5. The fourth-order valence-electron chi connectivity index (χ4n) is 1.25. The lowest BCUT2D eigenvalue weighted by molar-refractivity contribution is 0.0634. The quantitative estimate of drug-likeness (QED) is 0.545. The molecular formula is C9H7NO6. The van der Waals surface area contributed by atoms with Crippen LogP contribution in [-0.4, -0.2) is 33.2 Å². The number of nitrogens with two attached hydrogens (primary N) is 1. The van der Waals surface area contributed by atoms with Crippen LogP contribution in [0, 0.1) is 0 Å². The Morgan fingerprint density at radius 1 is 0.875 bits per heavy atom. The monoisotopic (exact) mass is 225 g/mol. The van der Waals surface area contributed by atoms with Crippen molar-refractivity contribution in [3.8, 4) is 0 Å². The molecule has 7 heteroatoms. The molecular weight excluding hydrogens is 218 g/mol. The molecule has 0 aliphatic heterocycles. The second-order valence-corrected chi connectivity index (χ2v) is 2.87. The number of anilines is 1. The van der Waals surface area contributed by atoms with E-state index in [2.05, 4.69) is 0 Å². The molecule has 0 radical (unpaired) electrons. The molecule has 0 unspecified atom stereocenters. The lowest BCUT2D eigenvalue weighted by Crippen LogP contribution is -2.16. The fraction of sp³-hybridized carbons (Fsp3) is 0. The Morgan fingerprint density at radius 2 is 1.38 bits per heavy atom. The number of benzene rings is 1. The highest BCUT2D eigenvalue weighted by Crippen LogP contribution is 2.21. The highest BCUT2D eigenvalue weighted by Gasteiger charge is 2.25. The summed E-state index contributed by atoms with van der Waals surface area (Å²) < 4.78 is 0. The normalized spacial score (nSPS) is 9.75. The smallest absolute Gasteiger partial charge is 0.338 e. The molecule has 5 N–H and O–H groups in total. The second kappa shape index (κ2) is 3.89. The zero-order valence-electron chi connectivity index (χ0n) is 7.80. The Balaban J connectivity index is 3.70. The molecule has 0 aliphatic carbocycles. The minimum absolute atomic E-state index is 0.296. The first-order chi connectivity index (χ1) is 7.36. The summed E-state index contributed by atoms with van der Waals surface area (Å²) in [6, 6.07) is 1.99. The summed E-state index contributed by atoms with van der Waals surface area (Å²) >= 11 is 0. The number of carbonyl (C=O) groups is 3. The Bertz CT molecular complexity index is 493. The summed E-state index contributed by atoms with van der Waals surface area (Å²) in [5.74, 6) is -4.76. The van der Waals surface area contributed by atoms with Crippen LogP contribution in [0.4, 0.5) is 5.69 Å². The maximum absolute atomic E-state index is 10.8. The van der Waals surface area contributed by atoms with Gasteiger partial charge in [-0.2, -0.15) is 0 Å². The molecule has 1 aromatic rings. The Labute approximate surface area is 88.7 Å². The van der Waals surface area contributed by atoms with Crippen molar-refractivity contribution in [2.75, 3.05) is 5.73 Å². The van der Waals surface area contributed by atoms with Gasteiger partial charge in [-0.15, -0.1) is 0 Å². The minimum Gasteiger partial charge on any atom is -0.478 e. The predicted molar refractivity (Wildman–Crippen MR) is 51.7 cm³/mol. The molecule has 0 fully saturated rings. The van der Waals surface area contributed by atoms with Crippen molar-refractivity contribution >= 4 is 23.6 Å². The van der Waals surface area contributed by atoms with Crippen LogP contribution in [0.2, 0.25) is 0 Å². The molecule has 1 aromatic carbocycles. The molecule has 1 rings (SSSR count). The van der Waals surface area contributed by atoms with Gasteiger partial charge in [0, 0.05) is 5.69 Å². The lowest BCUT2D eigenvalue weighted by Gasteiger charge is -2.07. The number of carboxylic acid groups (broad SMARTS) is 3. The van der Waals surface area contributed by atoms with Crippen LogP contribution in [0.1, 0.15) is 31.1 Å². The number of carboxylic acids is 3. The van der Waals surface area contributed by atoms with Crippen molar-refractivity contribution in [1.29, 1.82) is 0 Å². The van der Waals surface area contributed by atoms with E-state index in [9.17, 15) is 14.4 Å². The van der Waals surface area contributed by atoms with Gasteiger partial charge < -0.3 is 21.1 Å². The van der Waals surface area contributed by atoms with E-state index in [-0.39, 0.29) is 5.69 Å². The number of aromatic carboxylic acids is 3. The molecule has 16 heavy (non-hydrogen) atoms. The van der Waals surface area contributed by atoms with Crippen molar-refractivity contribution in [3.63, 3.8) is 0 Å². The van der Waals surface area contributed by atoms with E-state index < -0.39 is 34.6 Å². The van der Waals surface area contributed by atoms with Gasteiger partial charge in [0.1, 0.15) is 0 Å². The maximum Gasteiger partial charge on any atom is 0.338 e. The number of hydrogen-bond donors (Lipinski definition) is 4. The number of rotatable bonds is 3. The van der Waals surface area contributed by atoms with E-state index in [1.165, 1.54) is 0 Å². The summed E-state index contributed by atoms with van der Waals surface area (Å²) in [5, 5.41) is 26.3. The van der Waals surface area contributed by atoms with Crippen LogP contribution < -0.4 is 5.73 Å². The van der Waals surface area contributed by atoms with E-state index >= 15 is 0 Å². The second-order valence-electron chi connectivity index (χ2n) is 2.87. The van der Waals surface area contributed by atoms with Gasteiger partial charge in [0.2, 0.25) is 0 Å². The van der Waals surface area contributed by atoms with Crippen molar-refractivity contribution < 1.29 is 29.7 Å². The van der Waals surface area contributed by atoms with Gasteiger partial charge >= 0.3 is 17.9 Å². The summed E-state index contributed by atoms with van der Waals surface area (Å²) in [7, 11) is 0. The van der Waals surface area contributed by atoms with Gasteiger partial charge in [-0.25, -0.2) is 14.4 Å². The molecule has 0 heterocycles. The molecule has 0 atom stereocenters. The van der Waals surface area contributed by atoms with Crippen LogP contribution in [0.15, 0.2) is 12.1 Å². The van der Waals surface area contributed by atoms with Crippen molar-refractivity contribution in [2.24, 2.45) is 0 Å². The average Bonchev–Trinajstić information content (AvgIpc) is 2.15. The van der Waals surface area contributed by atoms with Crippen molar-refractivity contribution in [3.05, 3.63) is 28.8 Å². The maximum atomic E-state index is 10.8. The first-order valence-electron chi connectivity index (χ1n) is 3.98. The SMILES string of the molecule is Nc1ccc(C(=O)O)c(C(=O)O)c1C(=O)O. The standard InChI is InChI=1S/C9H7NO6/c10-4-2-1-3(7(11)12)5(8(13)14)6(4)9(15)16/h1-2H,10H2,(H,11,12)(H,13,14)(H,15,16). The zero-order valence-corrected chi connectivity index (χ0v) is 7.80. The van der Waals surface area contributed by atoms with E-state index in [1.54, 1.807) is 0 Å². The van der Waals surface area contributed by atoms with E-state index in [1.807, 2.05) is 0 Å². The molecule has 0 amide bonds. The Hall–Kier alpha value is -2.57. The Morgan fingerprint density at radius 3 is 1.75 bits per heavy atom. The zero-order chi connectivity index (χ0) is 12.5. The average molecular weight is 225 g/mol. The largest absolute Gasteiger partial charge is 0.478 e. The molecule has 0 aliphatic rings.